The maximum atomic E-state index is 9.82. The van der Waals surface area contributed by atoms with Gasteiger partial charge in [0, 0.05) is 19.6 Å². The van der Waals surface area contributed by atoms with Crippen molar-refractivity contribution < 1.29 is 14.9 Å². The number of nitrogens with zero attached hydrogens (tertiary/aromatic N) is 3. The Balaban J connectivity index is 1.78. The number of fused-ring (bicyclic) bond motifs is 1. The molecular weight excluding hydrogens is 342 g/mol. The fraction of sp³-hybridized carbons (Fsp3) is 0.571. The Morgan fingerprint density at radius 2 is 2.00 bits per heavy atom. The van der Waals surface area contributed by atoms with Gasteiger partial charge in [0.2, 0.25) is 0 Å². The van der Waals surface area contributed by atoms with Gasteiger partial charge in [-0.25, -0.2) is 0 Å². The van der Waals surface area contributed by atoms with Crippen LogP contribution < -0.4 is 4.74 Å². The molecule has 0 saturated carbocycles. The van der Waals surface area contributed by atoms with Crippen molar-refractivity contribution in [2.75, 3.05) is 19.8 Å². The topological polar surface area (TPSA) is 70.8 Å². The van der Waals surface area contributed by atoms with Gasteiger partial charge in [0.25, 0.3) is 0 Å². The highest BCUT2D eigenvalue weighted by Crippen LogP contribution is 2.31. The molecule has 1 aliphatic heterocycles. The van der Waals surface area contributed by atoms with Crippen LogP contribution in [0.1, 0.15) is 60.9 Å². The Bertz CT molecular complexity index is 785. The van der Waals surface area contributed by atoms with Gasteiger partial charge in [-0.1, -0.05) is 19.9 Å². The first kappa shape index (κ1) is 19.9. The van der Waals surface area contributed by atoms with Crippen LogP contribution in [-0.2, 0) is 19.6 Å². The molecule has 0 fully saturated rings. The molecule has 0 saturated heterocycles. The van der Waals surface area contributed by atoms with Crippen molar-refractivity contribution in [2.45, 2.75) is 59.4 Å². The molecule has 1 aromatic heterocycles. The molecule has 1 atom stereocenters. The number of aliphatic hydroxyl groups excluding tert-OH is 2. The summed E-state index contributed by atoms with van der Waals surface area (Å²) in [5.41, 5.74) is 5.46. The van der Waals surface area contributed by atoms with Crippen LogP contribution in [0.5, 0.6) is 5.75 Å². The van der Waals surface area contributed by atoms with Crippen molar-refractivity contribution in [2.24, 2.45) is 0 Å². The minimum atomic E-state index is -0.904. The van der Waals surface area contributed by atoms with Crippen LogP contribution in [0.2, 0.25) is 0 Å². The summed E-state index contributed by atoms with van der Waals surface area (Å²) in [6, 6.07) is 6.35. The van der Waals surface area contributed by atoms with E-state index < -0.39 is 6.10 Å². The molecule has 1 unspecified atom stereocenters. The number of aliphatic hydroxyl groups is 2. The minimum Gasteiger partial charge on any atom is -0.494 e. The van der Waals surface area contributed by atoms with Crippen LogP contribution in [0.3, 0.4) is 0 Å². The molecule has 1 aliphatic rings. The first-order valence-electron chi connectivity index (χ1n) is 9.77. The molecule has 3 rings (SSSR count). The maximum absolute atomic E-state index is 9.82. The van der Waals surface area contributed by atoms with Gasteiger partial charge in [-0.2, -0.15) is 5.10 Å². The standard InChI is InChI=1S/C21H31N3O3/c1-5-27-21-8-15(4)16(9-18(21)14(2)3)11-23-6-7-24-17(12-23)10-19(22-24)20(26)13-25/h8-10,14,20,25-26H,5-7,11-13H2,1-4H3. The maximum Gasteiger partial charge on any atom is 0.123 e. The molecular formula is C21H31N3O3. The van der Waals surface area contributed by atoms with Crippen molar-refractivity contribution >= 4 is 0 Å². The number of benzene rings is 1. The Labute approximate surface area is 161 Å². The molecule has 2 N–H and O–H groups in total. The molecule has 27 heavy (non-hydrogen) atoms. The summed E-state index contributed by atoms with van der Waals surface area (Å²) in [7, 11) is 0. The van der Waals surface area contributed by atoms with E-state index in [1.54, 1.807) is 0 Å². The summed E-state index contributed by atoms with van der Waals surface area (Å²) in [6.45, 7) is 12.3. The lowest BCUT2D eigenvalue weighted by atomic mass is 9.96. The fourth-order valence-electron chi connectivity index (χ4n) is 3.62. The Morgan fingerprint density at radius 1 is 1.22 bits per heavy atom. The SMILES string of the molecule is CCOc1cc(C)c(CN2CCn3nc(C(O)CO)cc3C2)cc1C(C)C. The van der Waals surface area contributed by atoms with Gasteiger partial charge in [0.1, 0.15) is 11.9 Å². The van der Waals surface area contributed by atoms with E-state index in [9.17, 15) is 5.11 Å². The van der Waals surface area contributed by atoms with E-state index in [-0.39, 0.29) is 6.61 Å². The lowest BCUT2D eigenvalue weighted by Gasteiger charge is -2.28. The zero-order chi connectivity index (χ0) is 19.6. The number of hydrogen-bond acceptors (Lipinski definition) is 5. The van der Waals surface area contributed by atoms with Gasteiger partial charge >= 0.3 is 0 Å². The average Bonchev–Trinajstić information content (AvgIpc) is 3.06. The second-order valence-corrected chi connectivity index (χ2v) is 7.60. The van der Waals surface area contributed by atoms with Gasteiger partial charge in [0.05, 0.1) is 31.1 Å². The van der Waals surface area contributed by atoms with Gasteiger partial charge in [-0.05, 0) is 48.6 Å². The third-order valence-corrected chi connectivity index (χ3v) is 5.19. The van der Waals surface area contributed by atoms with Gasteiger partial charge in [-0.15, -0.1) is 0 Å². The molecule has 0 amide bonds. The van der Waals surface area contributed by atoms with Gasteiger partial charge in [-0.3, -0.25) is 9.58 Å². The number of rotatable bonds is 7. The van der Waals surface area contributed by atoms with Crippen LogP contribution in [-0.4, -0.2) is 44.7 Å². The molecule has 0 bridgehead atoms. The minimum absolute atomic E-state index is 0.302. The molecule has 0 spiro atoms. The lowest BCUT2D eigenvalue weighted by molar-refractivity contribution is 0.0915. The first-order chi connectivity index (χ1) is 12.9. The molecule has 2 heterocycles. The van der Waals surface area contributed by atoms with E-state index in [0.29, 0.717) is 18.2 Å². The summed E-state index contributed by atoms with van der Waals surface area (Å²) >= 11 is 0. The van der Waals surface area contributed by atoms with E-state index in [0.717, 1.165) is 37.6 Å². The second kappa shape index (κ2) is 8.42. The highest BCUT2D eigenvalue weighted by atomic mass is 16.5. The normalized spacial score (nSPS) is 15.8. The van der Waals surface area contributed by atoms with Crippen molar-refractivity contribution in [1.29, 1.82) is 0 Å². The number of hydrogen-bond donors (Lipinski definition) is 2. The Morgan fingerprint density at radius 3 is 2.67 bits per heavy atom. The molecule has 6 nitrogen and oxygen atoms in total. The van der Waals surface area contributed by atoms with Crippen molar-refractivity contribution in [3.05, 3.63) is 46.3 Å². The summed E-state index contributed by atoms with van der Waals surface area (Å²) in [5.74, 6) is 1.41. The molecule has 2 aromatic rings. The molecule has 148 valence electrons. The van der Waals surface area contributed by atoms with Crippen LogP contribution in [0.4, 0.5) is 0 Å². The predicted octanol–water partition coefficient (Wildman–Crippen LogP) is 2.76. The number of ether oxygens (including phenoxy) is 1. The van der Waals surface area contributed by atoms with E-state index in [1.807, 2.05) is 17.7 Å². The number of aromatic nitrogens is 2. The Hall–Kier alpha value is -1.89. The Kier molecular flexibility index (Phi) is 6.19. The monoisotopic (exact) mass is 373 g/mol. The summed E-state index contributed by atoms with van der Waals surface area (Å²) in [4.78, 5) is 2.40. The summed E-state index contributed by atoms with van der Waals surface area (Å²) in [5, 5.41) is 23.4. The van der Waals surface area contributed by atoms with Crippen LogP contribution >= 0.6 is 0 Å². The predicted molar refractivity (Wildman–Crippen MR) is 105 cm³/mol. The third kappa shape index (κ3) is 4.34. The summed E-state index contributed by atoms with van der Waals surface area (Å²) < 4.78 is 7.78. The van der Waals surface area contributed by atoms with E-state index in [2.05, 4.69) is 42.9 Å². The van der Waals surface area contributed by atoms with Gasteiger partial charge < -0.3 is 14.9 Å². The molecule has 1 aromatic carbocycles. The van der Waals surface area contributed by atoms with Crippen molar-refractivity contribution in [3.63, 3.8) is 0 Å². The zero-order valence-electron chi connectivity index (χ0n) is 16.8. The molecule has 0 radical (unpaired) electrons. The average molecular weight is 373 g/mol. The fourth-order valence-corrected chi connectivity index (χ4v) is 3.62. The zero-order valence-corrected chi connectivity index (χ0v) is 16.8. The molecule has 6 heteroatoms. The largest absolute Gasteiger partial charge is 0.494 e. The van der Waals surface area contributed by atoms with Crippen molar-refractivity contribution in [3.8, 4) is 5.75 Å². The lowest BCUT2D eigenvalue weighted by Crippen LogP contribution is -2.33. The van der Waals surface area contributed by atoms with Crippen LogP contribution in [0.15, 0.2) is 18.2 Å². The van der Waals surface area contributed by atoms with Crippen LogP contribution in [0.25, 0.3) is 0 Å². The smallest absolute Gasteiger partial charge is 0.123 e. The van der Waals surface area contributed by atoms with Crippen molar-refractivity contribution in [1.82, 2.24) is 14.7 Å². The quantitative estimate of drug-likeness (QED) is 0.781. The highest BCUT2D eigenvalue weighted by Gasteiger charge is 2.22. The van der Waals surface area contributed by atoms with E-state index in [1.165, 1.54) is 16.7 Å². The van der Waals surface area contributed by atoms with Gasteiger partial charge in [0.15, 0.2) is 0 Å². The van der Waals surface area contributed by atoms with E-state index >= 15 is 0 Å². The second-order valence-electron chi connectivity index (χ2n) is 7.60. The summed E-state index contributed by atoms with van der Waals surface area (Å²) in [6.07, 6.45) is -0.904. The highest BCUT2D eigenvalue weighted by molar-refractivity contribution is 5.44. The number of aryl methyl sites for hydroxylation is 1. The third-order valence-electron chi connectivity index (χ3n) is 5.19. The van der Waals surface area contributed by atoms with E-state index in [4.69, 9.17) is 9.84 Å². The van der Waals surface area contributed by atoms with Crippen LogP contribution in [0, 0.1) is 6.92 Å². The molecule has 0 aliphatic carbocycles. The first-order valence-corrected chi connectivity index (χ1v) is 9.77.